The number of fused-ring (bicyclic) bond motifs is 1. The van der Waals surface area contributed by atoms with Crippen LogP contribution in [0.15, 0.2) is 28.9 Å². The van der Waals surface area contributed by atoms with Gasteiger partial charge in [-0.05, 0) is 54.9 Å². The Balaban J connectivity index is 2.20. The molecular formula is C15H19BrN4O. The molecule has 2 aromatic rings. The van der Waals surface area contributed by atoms with Crippen LogP contribution in [0.5, 0.6) is 0 Å². The lowest BCUT2D eigenvalue weighted by Crippen LogP contribution is -2.43. The Morgan fingerprint density at radius 3 is 2.76 bits per heavy atom. The van der Waals surface area contributed by atoms with Gasteiger partial charge in [0.05, 0.1) is 17.7 Å². The van der Waals surface area contributed by atoms with Gasteiger partial charge in [0, 0.05) is 27.3 Å². The van der Waals surface area contributed by atoms with Gasteiger partial charge in [0.1, 0.15) is 0 Å². The molecule has 6 heteroatoms. The normalized spacial score (nSPS) is 11.4. The van der Waals surface area contributed by atoms with Crippen LogP contribution in [0.3, 0.4) is 0 Å². The molecule has 0 aliphatic heterocycles. The number of nitrogens with zero attached hydrogens (tertiary/aromatic N) is 1. The minimum absolute atomic E-state index is 0.0652. The highest BCUT2D eigenvalue weighted by Gasteiger charge is 2.14. The summed E-state index contributed by atoms with van der Waals surface area (Å²) in [6.45, 7) is 6.03. The predicted octanol–water partition coefficient (Wildman–Crippen LogP) is 2.91. The standard InChI is InChI=1S/C15H19BrN4O/c1-15(2,3)20-13(21)8-18-12-5-4-11(17)10-6-9(16)7-19-14(10)12/h4-7,18H,8,17H2,1-3H3,(H,20,21). The summed E-state index contributed by atoms with van der Waals surface area (Å²) in [5, 5.41) is 6.87. The smallest absolute Gasteiger partial charge is 0.239 e. The summed E-state index contributed by atoms with van der Waals surface area (Å²) < 4.78 is 0.865. The fraction of sp³-hybridized carbons (Fsp3) is 0.333. The molecule has 0 fully saturated rings. The molecule has 0 aliphatic rings. The van der Waals surface area contributed by atoms with Crippen molar-refractivity contribution < 1.29 is 4.79 Å². The maximum absolute atomic E-state index is 11.9. The monoisotopic (exact) mass is 350 g/mol. The number of carbonyl (C=O) groups excluding carboxylic acids is 1. The molecule has 0 atom stereocenters. The van der Waals surface area contributed by atoms with Crippen LogP contribution in [-0.2, 0) is 4.79 Å². The van der Waals surface area contributed by atoms with Gasteiger partial charge in [0.2, 0.25) is 5.91 Å². The molecule has 0 aliphatic carbocycles. The van der Waals surface area contributed by atoms with Gasteiger partial charge >= 0.3 is 0 Å². The number of halogens is 1. The largest absolute Gasteiger partial charge is 0.398 e. The number of amides is 1. The molecule has 1 aromatic heterocycles. The third-order valence-corrected chi connectivity index (χ3v) is 3.24. The minimum atomic E-state index is -0.245. The lowest BCUT2D eigenvalue weighted by Gasteiger charge is -2.21. The summed E-state index contributed by atoms with van der Waals surface area (Å²) in [6, 6.07) is 5.56. The maximum atomic E-state index is 11.9. The van der Waals surface area contributed by atoms with Crippen molar-refractivity contribution in [2.24, 2.45) is 0 Å². The molecule has 1 amide bonds. The summed E-state index contributed by atoms with van der Waals surface area (Å²) in [7, 11) is 0. The van der Waals surface area contributed by atoms with Gasteiger partial charge in [-0.1, -0.05) is 0 Å². The molecule has 4 N–H and O–H groups in total. The fourth-order valence-electron chi connectivity index (χ4n) is 2.00. The molecule has 5 nitrogen and oxygen atoms in total. The molecule has 21 heavy (non-hydrogen) atoms. The van der Waals surface area contributed by atoms with Gasteiger partial charge in [-0.3, -0.25) is 9.78 Å². The van der Waals surface area contributed by atoms with Crippen LogP contribution in [0.1, 0.15) is 20.8 Å². The van der Waals surface area contributed by atoms with Crippen molar-refractivity contribution in [3.05, 3.63) is 28.9 Å². The number of hydrogen-bond acceptors (Lipinski definition) is 4. The van der Waals surface area contributed by atoms with Crippen molar-refractivity contribution in [2.75, 3.05) is 17.6 Å². The summed E-state index contributed by atoms with van der Waals surface area (Å²) in [5.74, 6) is -0.0652. The molecule has 0 saturated carbocycles. The minimum Gasteiger partial charge on any atom is -0.398 e. The van der Waals surface area contributed by atoms with Crippen LogP contribution in [0.2, 0.25) is 0 Å². The number of rotatable bonds is 3. The van der Waals surface area contributed by atoms with E-state index in [0.29, 0.717) is 5.69 Å². The molecule has 0 spiro atoms. The Bertz CT molecular complexity index is 679. The highest BCUT2D eigenvalue weighted by molar-refractivity contribution is 9.10. The zero-order chi connectivity index (χ0) is 15.6. The molecular weight excluding hydrogens is 332 g/mol. The number of nitrogens with one attached hydrogen (secondary N) is 2. The zero-order valence-corrected chi connectivity index (χ0v) is 13.9. The first-order valence-corrected chi connectivity index (χ1v) is 7.44. The first kappa shape index (κ1) is 15.6. The Morgan fingerprint density at radius 1 is 1.38 bits per heavy atom. The second kappa shape index (κ2) is 5.89. The van der Waals surface area contributed by atoms with Crippen molar-refractivity contribution >= 4 is 44.1 Å². The van der Waals surface area contributed by atoms with E-state index in [-0.39, 0.29) is 18.0 Å². The van der Waals surface area contributed by atoms with Crippen molar-refractivity contribution in [2.45, 2.75) is 26.3 Å². The third-order valence-electron chi connectivity index (χ3n) is 2.80. The second-order valence-electron chi connectivity index (χ2n) is 5.90. The molecule has 112 valence electrons. The highest BCUT2D eigenvalue weighted by Crippen LogP contribution is 2.28. The Kier molecular flexibility index (Phi) is 4.37. The average molecular weight is 351 g/mol. The molecule has 1 heterocycles. The van der Waals surface area contributed by atoms with Crippen molar-refractivity contribution in [1.82, 2.24) is 10.3 Å². The number of anilines is 2. The van der Waals surface area contributed by atoms with Gasteiger partial charge in [-0.2, -0.15) is 0 Å². The SMILES string of the molecule is CC(C)(C)NC(=O)CNc1ccc(N)c2cc(Br)cnc12. The molecule has 1 aromatic carbocycles. The lowest BCUT2D eigenvalue weighted by atomic mass is 10.1. The molecule has 0 bridgehead atoms. The van der Waals surface area contributed by atoms with Crippen LogP contribution in [0.25, 0.3) is 10.9 Å². The van der Waals surface area contributed by atoms with Crippen molar-refractivity contribution in [3.63, 3.8) is 0 Å². The highest BCUT2D eigenvalue weighted by atomic mass is 79.9. The van der Waals surface area contributed by atoms with E-state index in [9.17, 15) is 4.79 Å². The quantitative estimate of drug-likeness (QED) is 0.743. The van der Waals surface area contributed by atoms with Gasteiger partial charge in [-0.15, -0.1) is 0 Å². The number of nitrogens with two attached hydrogens (primary N) is 1. The first-order valence-electron chi connectivity index (χ1n) is 6.65. The van der Waals surface area contributed by atoms with Crippen LogP contribution in [-0.4, -0.2) is 23.0 Å². The number of aromatic nitrogens is 1. The van der Waals surface area contributed by atoms with E-state index in [1.807, 2.05) is 32.9 Å². The van der Waals surface area contributed by atoms with E-state index < -0.39 is 0 Å². The zero-order valence-electron chi connectivity index (χ0n) is 12.3. The Hall–Kier alpha value is -1.82. The van der Waals surface area contributed by atoms with Gasteiger partial charge < -0.3 is 16.4 Å². The second-order valence-corrected chi connectivity index (χ2v) is 6.82. The number of hydrogen-bond donors (Lipinski definition) is 3. The number of pyridine rings is 1. The van der Waals surface area contributed by atoms with Gasteiger partial charge in [0.15, 0.2) is 0 Å². The average Bonchev–Trinajstić information content (AvgIpc) is 2.36. The van der Waals surface area contributed by atoms with E-state index in [1.165, 1.54) is 0 Å². The van der Waals surface area contributed by atoms with Crippen molar-refractivity contribution in [3.8, 4) is 0 Å². The van der Waals surface area contributed by atoms with Gasteiger partial charge in [0.25, 0.3) is 0 Å². The molecule has 2 rings (SSSR count). The summed E-state index contributed by atoms with van der Waals surface area (Å²) in [6.07, 6.45) is 1.71. The summed E-state index contributed by atoms with van der Waals surface area (Å²) >= 11 is 3.38. The fourth-order valence-corrected chi connectivity index (χ4v) is 2.33. The number of nitrogen functional groups attached to an aromatic ring is 1. The Labute approximate surface area is 132 Å². The molecule has 0 radical (unpaired) electrons. The van der Waals surface area contributed by atoms with Crippen LogP contribution < -0.4 is 16.4 Å². The van der Waals surface area contributed by atoms with Crippen LogP contribution >= 0.6 is 15.9 Å². The van der Waals surface area contributed by atoms with E-state index in [2.05, 4.69) is 31.5 Å². The molecule has 0 unspecified atom stereocenters. The summed E-state index contributed by atoms with van der Waals surface area (Å²) in [5.41, 5.74) is 7.92. The maximum Gasteiger partial charge on any atom is 0.239 e. The van der Waals surface area contributed by atoms with E-state index in [4.69, 9.17) is 5.73 Å². The lowest BCUT2D eigenvalue weighted by molar-refractivity contribution is -0.120. The topological polar surface area (TPSA) is 80.0 Å². The number of carbonyl (C=O) groups is 1. The van der Waals surface area contributed by atoms with Crippen LogP contribution in [0.4, 0.5) is 11.4 Å². The Morgan fingerprint density at radius 2 is 2.10 bits per heavy atom. The third kappa shape index (κ3) is 4.07. The predicted molar refractivity (Wildman–Crippen MR) is 90.2 cm³/mol. The van der Waals surface area contributed by atoms with Gasteiger partial charge in [-0.25, -0.2) is 0 Å². The number of benzene rings is 1. The van der Waals surface area contributed by atoms with E-state index in [1.54, 1.807) is 12.3 Å². The first-order chi connectivity index (χ1) is 9.76. The van der Waals surface area contributed by atoms with E-state index in [0.717, 1.165) is 21.1 Å². The summed E-state index contributed by atoms with van der Waals surface area (Å²) in [4.78, 5) is 16.2. The van der Waals surface area contributed by atoms with Crippen molar-refractivity contribution in [1.29, 1.82) is 0 Å². The van der Waals surface area contributed by atoms with E-state index >= 15 is 0 Å². The van der Waals surface area contributed by atoms with Crippen LogP contribution in [0, 0.1) is 0 Å². The molecule has 0 saturated heterocycles.